The van der Waals surface area contributed by atoms with Gasteiger partial charge in [-0.15, -0.1) is 22.7 Å². The molecule has 2 nitrogen and oxygen atoms in total. The first-order chi connectivity index (χ1) is 9.74. The number of para-hydroxylation sites is 1. The molecule has 1 N–H and O–H groups in total. The van der Waals surface area contributed by atoms with Gasteiger partial charge < -0.3 is 5.32 Å². The van der Waals surface area contributed by atoms with Crippen LogP contribution in [0.1, 0.15) is 10.4 Å². The van der Waals surface area contributed by atoms with E-state index in [1.807, 2.05) is 47.2 Å². The van der Waals surface area contributed by atoms with Gasteiger partial charge in [0.1, 0.15) is 0 Å². The zero-order valence-corrected chi connectivity index (χ0v) is 14.1. The third-order valence-electron chi connectivity index (χ3n) is 2.79. The van der Waals surface area contributed by atoms with Gasteiger partial charge in [0.25, 0.3) is 5.91 Å². The minimum absolute atomic E-state index is 0.0619. The third-order valence-corrected chi connectivity index (χ3v) is 5.48. The SMILES string of the molecule is O=C(Nc1ccccc1-c1cccs1)c1csc(I)c1. The van der Waals surface area contributed by atoms with Crippen LogP contribution >= 0.6 is 45.3 Å². The van der Waals surface area contributed by atoms with E-state index in [1.165, 1.54) is 0 Å². The number of nitrogens with one attached hydrogen (secondary N) is 1. The van der Waals surface area contributed by atoms with Crippen LogP contribution in [-0.2, 0) is 0 Å². The maximum Gasteiger partial charge on any atom is 0.256 e. The molecule has 0 aliphatic rings. The van der Waals surface area contributed by atoms with E-state index < -0.39 is 0 Å². The Balaban J connectivity index is 1.90. The van der Waals surface area contributed by atoms with Gasteiger partial charge in [0.2, 0.25) is 0 Å². The van der Waals surface area contributed by atoms with E-state index in [0.29, 0.717) is 5.56 Å². The summed E-state index contributed by atoms with van der Waals surface area (Å²) < 4.78 is 1.11. The number of halogens is 1. The fourth-order valence-electron chi connectivity index (χ4n) is 1.86. The Bertz CT molecular complexity index is 734. The second kappa shape index (κ2) is 6.07. The van der Waals surface area contributed by atoms with Crippen molar-refractivity contribution in [3.05, 3.63) is 61.7 Å². The number of carbonyl (C=O) groups is 1. The van der Waals surface area contributed by atoms with Crippen molar-refractivity contribution in [3.8, 4) is 10.4 Å². The average molecular weight is 411 g/mol. The molecule has 0 atom stereocenters. The van der Waals surface area contributed by atoms with Gasteiger partial charge in [-0.3, -0.25) is 4.79 Å². The lowest BCUT2D eigenvalue weighted by atomic mass is 10.1. The summed E-state index contributed by atoms with van der Waals surface area (Å²) in [6, 6.07) is 13.8. The minimum Gasteiger partial charge on any atom is -0.321 e. The molecule has 0 radical (unpaired) electrons. The summed E-state index contributed by atoms with van der Waals surface area (Å²) in [5.41, 5.74) is 2.61. The van der Waals surface area contributed by atoms with Crippen molar-refractivity contribution in [2.24, 2.45) is 0 Å². The standard InChI is InChI=1S/C15H10INOS2/c16-14-8-10(9-20-14)15(18)17-12-5-2-1-4-11(12)13-6-3-7-19-13/h1-9H,(H,17,18). The molecule has 0 bridgehead atoms. The molecule has 1 amide bonds. The van der Waals surface area contributed by atoms with Crippen LogP contribution in [0.3, 0.4) is 0 Å². The molecule has 100 valence electrons. The maximum absolute atomic E-state index is 12.2. The molecule has 0 unspecified atom stereocenters. The maximum atomic E-state index is 12.2. The average Bonchev–Trinajstić information content (AvgIpc) is 3.10. The van der Waals surface area contributed by atoms with Gasteiger partial charge >= 0.3 is 0 Å². The first kappa shape index (κ1) is 13.8. The van der Waals surface area contributed by atoms with E-state index in [-0.39, 0.29) is 5.91 Å². The zero-order valence-electron chi connectivity index (χ0n) is 10.3. The lowest BCUT2D eigenvalue weighted by Crippen LogP contribution is -2.11. The number of benzene rings is 1. The zero-order chi connectivity index (χ0) is 13.9. The molecule has 3 rings (SSSR count). The van der Waals surface area contributed by atoms with Crippen molar-refractivity contribution in [2.45, 2.75) is 0 Å². The van der Waals surface area contributed by atoms with E-state index in [4.69, 9.17) is 0 Å². The molecular formula is C15H10INOS2. The van der Waals surface area contributed by atoms with Gasteiger partial charge in [0.15, 0.2) is 0 Å². The minimum atomic E-state index is -0.0619. The van der Waals surface area contributed by atoms with E-state index in [0.717, 1.165) is 19.0 Å². The summed E-state index contributed by atoms with van der Waals surface area (Å²) >= 11 is 5.46. The first-order valence-corrected chi connectivity index (χ1v) is 8.76. The quantitative estimate of drug-likeness (QED) is 0.580. The second-order valence-electron chi connectivity index (χ2n) is 4.12. The van der Waals surface area contributed by atoms with Crippen molar-refractivity contribution in [2.75, 3.05) is 5.32 Å². The Kier molecular flexibility index (Phi) is 4.18. The van der Waals surface area contributed by atoms with Gasteiger partial charge in [-0.25, -0.2) is 0 Å². The van der Waals surface area contributed by atoms with Gasteiger partial charge in [0.05, 0.1) is 8.45 Å². The van der Waals surface area contributed by atoms with Crippen molar-refractivity contribution < 1.29 is 4.79 Å². The molecule has 20 heavy (non-hydrogen) atoms. The van der Waals surface area contributed by atoms with Crippen LogP contribution in [0.4, 0.5) is 5.69 Å². The number of anilines is 1. The number of carbonyl (C=O) groups excluding carboxylic acids is 1. The van der Waals surface area contributed by atoms with E-state index in [9.17, 15) is 4.79 Å². The van der Waals surface area contributed by atoms with Crippen molar-refractivity contribution >= 4 is 56.9 Å². The topological polar surface area (TPSA) is 29.1 Å². The molecule has 1 aromatic carbocycles. The lowest BCUT2D eigenvalue weighted by Gasteiger charge is -2.09. The lowest BCUT2D eigenvalue weighted by molar-refractivity contribution is 0.102. The Morgan fingerprint density at radius 1 is 1.10 bits per heavy atom. The van der Waals surface area contributed by atoms with E-state index in [2.05, 4.69) is 34.0 Å². The van der Waals surface area contributed by atoms with Crippen molar-refractivity contribution in [1.29, 1.82) is 0 Å². The molecule has 0 fully saturated rings. The van der Waals surface area contributed by atoms with Crippen LogP contribution in [0.15, 0.2) is 53.2 Å². The Morgan fingerprint density at radius 3 is 2.65 bits per heavy atom. The monoisotopic (exact) mass is 411 g/mol. The molecule has 0 spiro atoms. The fourth-order valence-corrected chi connectivity index (χ4v) is 3.95. The van der Waals surface area contributed by atoms with Crippen LogP contribution < -0.4 is 5.32 Å². The summed E-state index contributed by atoms with van der Waals surface area (Å²) in [4.78, 5) is 13.4. The summed E-state index contributed by atoms with van der Waals surface area (Å²) in [5.74, 6) is -0.0619. The third kappa shape index (κ3) is 2.94. The summed E-state index contributed by atoms with van der Waals surface area (Å²) in [6.07, 6.45) is 0. The van der Waals surface area contributed by atoms with E-state index >= 15 is 0 Å². The number of rotatable bonds is 3. The number of thiophene rings is 2. The van der Waals surface area contributed by atoms with Gasteiger partial charge in [-0.1, -0.05) is 24.3 Å². The predicted molar refractivity (Wildman–Crippen MR) is 94.7 cm³/mol. The van der Waals surface area contributed by atoms with Gasteiger partial charge in [-0.2, -0.15) is 0 Å². The number of hydrogen-bond donors (Lipinski definition) is 1. The summed E-state index contributed by atoms with van der Waals surface area (Å²) in [5, 5.41) is 6.92. The Morgan fingerprint density at radius 2 is 1.95 bits per heavy atom. The second-order valence-corrected chi connectivity index (χ2v) is 7.87. The summed E-state index contributed by atoms with van der Waals surface area (Å²) in [6.45, 7) is 0. The molecule has 2 aromatic heterocycles. The number of amides is 1. The van der Waals surface area contributed by atoms with E-state index in [1.54, 1.807) is 22.7 Å². The molecule has 2 heterocycles. The van der Waals surface area contributed by atoms with Gasteiger partial charge in [-0.05, 0) is 46.2 Å². The van der Waals surface area contributed by atoms with Crippen LogP contribution in [-0.4, -0.2) is 5.91 Å². The molecule has 0 saturated carbocycles. The highest BCUT2D eigenvalue weighted by Gasteiger charge is 2.11. The van der Waals surface area contributed by atoms with Crippen LogP contribution in [0, 0.1) is 2.88 Å². The summed E-state index contributed by atoms with van der Waals surface area (Å²) in [7, 11) is 0. The van der Waals surface area contributed by atoms with Crippen molar-refractivity contribution in [3.63, 3.8) is 0 Å². The molecule has 0 aliphatic carbocycles. The van der Waals surface area contributed by atoms with Crippen LogP contribution in [0.5, 0.6) is 0 Å². The molecule has 3 aromatic rings. The molecule has 5 heteroatoms. The molecule has 0 aliphatic heterocycles. The fraction of sp³-hybridized carbons (Fsp3) is 0. The molecule has 0 saturated heterocycles. The first-order valence-electron chi connectivity index (χ1n) is 5.92. The predicted octanol–water partition coefficient (Wildman–Crippen LogP) is 5.33. The highest BCUT2D eigenvalue weighted by Crippen LogP contribution is 2.31. The Labute approximate surface area is 138 Å². The van der Waals surface area contributed by atoms with Crippen LogP contribution in [0.2, 0.25) is 0 Å². The highest BCUT2D eigenvalue weighted by molar-refractivity contribution is 14.1. The van der Waals surface area contributed by atoms with Crippen molar-refractivity contribution in [1.82, 2.24) is 0 Å². The van der Waals surface area contributed by atoms with Crippen LogP contribution in [0.25, 0.3) is 10.4 Å². The normalized spacial score (nSPS) is 10.4. The highest BCUT2D eigenvalue weighted by atomic mass is 127. The Hall–Kier alpha value is -1.18. The largest absolute Gasteiger partial charge is 0.321 e. The van der Waals surface area contributed by atoms with Gasteiger partial charge in [0, 0.05) is 21.5 Å². The molecular weight excluding hydrogens is 401 g/mol. The number of hydrogen-bond acceptors (Lipinski definition) is 3. The smallest absolute Gasteiger partial charge is 0.256 e.